The van der Waals surface area contributed by atoms with Gasteiger partial charge in [0.15, 0.2) is 0 Å². The molecular formula is C74H50N2. The van der Waals surface area contributed by atoms with Gasteiger partial charge in [0.2, 0.25) is 0 Å². The molecule has 0 aliphatic heterocycles. The second-order valence-corrected chi connectivity index (χ2v) is 20.4. The molecule has 0 aromatic heterocycles. The summed E-state index contributed by atoms with van der Waals surface area (Å²) in [4.78, 5) is 4.92. The first-order valence-electron chi connectivity index (χ1n) is 26.5. The number of allylic oxidation sites excluding steroid dienone is 1. The monoisotopic (exact) mass is 966 g/mol. The van der Waals surface area contributed by atoms with Crippen molar-refractivity contribution in [2.45, 2.75) is 12.8 Å². The van der Waals surface area contributed by atoms with Gasteiger partial charge in [-0.3, -0.25) is 0 Å². The molecule has 14 aromatic carbocycles. The topological polar surface area (TPSA) is 6.48 Å². The van der Waals surface area contributed by atoms with E-state index in [1.165, 1.54) is 109 Å². The van der Waals surface area contributed by atoms with Gasteiger partial charge in [0, 0.05) is 34.1 Å². The average Bonchev–Trinajstić information content (AvgIpc) is 3.50. The van der Waals surface area contributed by atoms with Gasteiger partial charge >= 0.3 is 0 Å². The maximum Gasteiger partial charge on any atom is 0.0468 e. The standard InChI is InChI=1S/C74H50N2/c1-5-21-55-43-59(35-31-49(55)15-1)75(60-36-32-50-16-2-6-22-56(50)44-60)63-39-41-69-71(47-63)73(67-29-13-25-53-19-9-11-27-65(53)67)70-42-40-64(48-72(70)74(69)68-30-14-26-54-20-10-12-28-66(54)68)76(61-37-33-51-17-3-7-23-57(51)45-61)62-38-34-52-18-4-8-24-58(52)46-62/h1-3,5-17,19-48H,4,18H2. The highest BCUT2D eigenvalue weighted by Crippen LogP contribution is 2.51. The maximum atomic E-state index is 2.48. The fourth-order valence-electron chi connectivity index (χ4n) is 12.3. The molecule has 1 aliphatic carbocycles. The number of anilines is 6. The number of rotatable bonds is 8. The van der Waals surface area contributed by atoms with E-state index in [-0.39, 0.29) is 0 Å². The molecule has 0 heterocycles. The van der Waals surface area contributed by atoms with Crippen LogP contribution in [0.5, 0.6) is 0 Å². The van der Waals surface area contributed by atoms with Crippen LogP contribution in [0.15, 0.2) is 273 Å². The molecule has 0 atom stereocenters. The predicted octanol–water partition coefficient (Wildman–Crippen LogP) is 21.0. The molecule has 15 rings (SSSR count). The van der Waals surface area contributed by atoms with Gasteiger partial charge in [0.25, 0.3) is 0 Å². The highest BCUT2D eigenvalue weighted by Gasteiger charge is 2.24. The van der Waals surface area contributed by atoms with Crippen LogP contribution in [0.25, 0.3) is 104 Å². The lowest BCUT2D eigenvalue weighted by Crippen LogP contribution is -2.11. The molecule has 76 heavy (non-hydrogen) atoms. The molecule has 0 unspecified atom stereocenters. The molecule has 0 N–H and O–H groups in total. The van der Waals surface area contributed by atoms with Gasteiger partial charge in [-0.1, -0.05) is 206 Å². The number of benzene rings is 14. The lowest BCUT2D eigenvalue weighted by molar-refractivity contribution is 0.985. The summed E-state index contributed by atoms with van der Waals surface area (Å²) in [7, 11) is 0. The molecular weight excluding hydrogens is 917 g/mol. The zero-order valence-electron chi connectivity index (χ0n) is 41.9. The maximum absolute atomic E-state index is 2.48. The van der Waals surface area contributed by atoms with Crippen LogP contribution in [0.3, 0.4) is 0 Å². The molecule has 0 bridgehead atoms. The minimum atomic E-state index is 1.06. The molecule has 2 nitrogen and oxygen atoms in total. The van der Waals surface area contributed by atoms with E-state index in [1.54, 1.807) is 0 Å². The molecule has 0 saturated heterocycles. The Hall–Kier alpha value is -9.76. The van der Waals surface area contributed by atoms with Gasteiger partial charge in [-0.05, 0) is 194 Å². The van der Waals surface area contributed by atoms with Crippen molar-refractivity contribution in [3.8, 4) is 22.3 Å². The summed E-state index contributed by atoms with van der Waals surface area (Å²) in [5.74, 6) is 0. The molecule has 2 heteroatoms. The van der Waals surface area contributed by atoms with Crippen molar-refractivity contribution in [2.75, 3.05) is 9.80 Å². The average molecular weight is 967 g/mol. The molecule has 0 radical (unpaired) electrons. The van der Waals surface area contributed by atoms with Crippen LogP contribution in [0, 0.1) is 0 Å². The molecule has 0 amide bonds. The molecule has 0 saturated carbocycles. The van der Waals surface area contributed by atoms with E-state index < -0.39 is 0 Å². The van der Waals surface area contributed by atoms with E-state index in [2.05, 4.69) is 289 Å². The Labute approximate surface area is 442 Å². The second kappa shape index (κ2) is 18.0. The van der Waals surface area contributed by atoms with Crippen molar-refractivity contribution in [1.82, 2.24) is 0 Å². The number of hydrogen-bond donors (Lipinski definition) is 0. The number of fused-ring (bicyclic) bond motifs is 8. The van der Waals surface area contributed by atoms with E-state index in [9.17, 15) is 0 Å². The molecule has 0 spiro atoms. The largest absolute Gasteiger partial charge is 0.310 e. The minimum absolute atomic E-state index is 1.06. The van der Waals surface area contributed by atoms with Gasteiger partial charge < -0.3 is 9.80 Å². The summed E-state index contributed by atoms with van der Waals surface area (Å²) < 4.78 is 0. The van der Waals surface area contributed by atoms with Crippen molar-refractivity contribution in [2.24, 2.45) is 0 Å². The first-order chi connectivity index (χ1) is 37.7. The Morgan fingerprint density at radius 1 is 0.250 bits per heavy atom. The van der Waals surface area contributed by atoms with Crippen LogP contribution >= 0.6 is 0 Å². The quantitative estimate of drug-likeness (QED) is 0.140. The number of hydrogen-bond acceptors (Lipinski definition) is 2. The SMILES string of the molecule is C1=Cc2cc(N(c3ccc4ccccc4c3)c3ccc4c(-c5cccc6ccccc56)c5cc(N(c6ccc7ccccc7c6)c6ccc7ccccc7c6)ccc5c(-c5cccc6ccccc56)c4c3)ccc2CC1. The van der Waals surface area contributed by atoms with Crippen LogP contribution in [0.2, 0.25) is 0 Å². The summed E-state index contributed by atoms with van der Waals surface area (Å²) >= 11 is 0. The molecule has 14 aromatic rings. The third kappa shape index (κ3) is 7.41. The fraction of sp³-hybridized carbons (Fsp3) is 0.0270. The zero-order chi connectivity index (χ0) is 50.1. The van der Waals surface area contributed by atoms with Gasteiger partial charge in [-0.15, -0.1) is 0 Å². The van der Waals surface area contributed by atoms with Gasteiger partial charge in [0.05, 0.1) is 0 Å². The lowest BCUT2D eigenvalue weighted by Gasteiger charge is -2.29. The number of nitrogens with zero attached hydrogens (tertiary/aromatic N) is 2. The summed E-state index contributed by atoms with van der Waals surface area (Å²) in [5, 5.41) is 16.9. The van der Waals surface area contributed by atoms with Crippen molar-refractivity contribution < 1.29 is 0 Å². The Bertz CT molecular complexity index is 4590. The second-order valence-electron chi connectivity index (χ2n) is 20.4. The van der Waals surface area contributed by atoms with Crippen LogP contribution in [-0.2, 0) is 6.42 Å². The van der Waals surface area contributed by atoms with E-state index in [0.717, 1.165) is 47.0 Å². The molecule has 0 fully saturated rings. The lowest BCUT2D eigenvalue weighted by atomic mass is 9.83. The number of aryl methyl sites for hydroxylation is 1. The normalized spacial score (nSPS) is 12.3. The van der Waals surface area contributed by atoms with Crippen molar-refractivity contribution in [1.29, 1.82) is 0 Å². The Morgan fingerprint density at radius 3 is 1.09 bits per heavy atom. The summed E-state index contributed by atoms with van der Waals surface area (Å²) in [5.41, 5.74) is 14.2. The van der Waals surface area contributed by atoms with Crippen LogP contribution < -0.4 is 9.80 Å². The van der Waals surface area contributed by atoms with E-state index in [0.29, 0.717) is 0 Å². The first-order valence-corrected chi connectivity index (χ1v) is 26.5. The zero-order valence-corrected chi connectivity index (χ0v) is 41.9. The summed E-state index contributed by atoms with van der Waals surface area (Å²) in [6.07, 6.45) is 6.74. The highest BCUT2D eigenvalue weighted by molar-refractivity contribution is 6.26. The van der Waals surface area contributed by atoms with Crippen molar-refractivity contribution in [3.63, 3.8) is 0 Å². The van der Waals surface area contributed by atoms with Crippen molar-refractivity contribution >= 4 is 116 Å². The highest BCUT2D eigenvalue weighted by atomic mass is 15.1. The minimum Gasteiger partial charge on any atom is -0.310 e. The van der Waals surface area contributed by atoms with Gasteiger partial charge in [0.1, 0.15) is 0 Å². The predicted molar refractivity (Wildman–Crippen MR) is 327 cm³/mol. The van der Waals surface area contributed by atoms with Crippen LogP contribution in [0.1, 0.15) is 17.5 Å². The Morgan fingerprint density at radius 2 is 0.618 bits per heavy atom. The third-order valence-corrected chi connectivity index (χ3v) is 16.0. The Balaban J connectivity index is 1.06. The van der Waals surface area contributed by atoms with E-state index >= 15 is 0 Å². The van der Waals surface area contributed by atoms with Gasteiger partial charge in [-0.25, -0.2) is 0 Å². The third-order valence-electron chi connectivity index (χ3n) is 16.0. The smallest absolute Gasteiger partial charge is 0.0468 e. The van der Waals surface area contributed by atoms with Crippen LogP contribution in [-0.4, -0.2) is 0 Å². The van der Waals surface area contributed by atoms with E-state index in [1.807, 2.05) is 0 Å². The van der Waals surface area contributed by atoms with Crippen molar-refractivity contribution in [3.05, 3.63) is 284 Å². The van der Waals surface area contributed by atoms with Crippen LogP contribution in [0.4, 0.5) is 34.1 Å². The fourth-order valence-corrected chi connectivity index (χ4v) is 12.3. The van der Waals surface area contributed by atoms with E-state index in [4.69, 9.17) is 0 Å². The molecule has 1 aliphatic rings. The summed E-state index contributed by atoms with van der Waals surface area (Å²) in [6.45, 7) is 0. The first kappa shape index (κ1) is 43.8. The Kier molecular flexibility index (Phi) is 10.4. The van der Waals surface area contributed by atoms with Gasteiger partial charge in [-0.2, -0.15) is 0 Å². The summed E-state index contributed by atoms with van der Waals surface area (Å²) in [6, 6.07) is 99.6. The molecule has 356 valence electrons.